The first kappa shape index (κ1) is 25.5. The van der Waals surface area contributed by atoms with Gasteiger partial charge in [0, 0.05) is 30.8 Å². The predicted molar refractivity (Wildman–Crippen MR) is 154 cm³/mol. The lowest BCUT2D eigenvalue weighted by Gasteiger charge is -2.22. The van der Waals surface area contributed by atoms with Crippen molar-refractivity contribution in [1.29, 1.82) is 0 Å². The Labute approximate surface area is 230 Å². The van der Waals surface area contributed by atoms with Crippen molar-refractivity contribution in [2.24, 2.45) is 0 Å². The SMILES string of the molecule is O=C(/C=C/c1ccccc1)N(Cc1ccc(-c2cc(=O)c3ccccc3o2)cc1)Cc1ccc(Cl)c(Cl)c1. The molecular formula is C32H23Cl2NO3. The van der Waals surface area contributed by atoms with E-state index in [1.807, 2.05) is 72.8 Å². The minimum absolute atomic E-state index is 0.0884. The Morgan fingerprint density at radius 3 is 2.21 bits per heavy atom. The van der Waals surface area contributed by atoms with E-state index >= 15 is 0 Å². The third kappa shape index (κ3) is 6.05. The summed E-state index contributed by atoms with van der Waals surface area (Å²) < 4.78 is 5.96. The summed E-state index contributed by atoms with van der Waals surface area (Å²) in [6, 6.07) is 31.4. The topological polar surface area (TPSA) is 50.5 Å². The number of hydrogen-bond acceptors (Lipinski definition) is 3. The average Bonchev–Trinajstić information content (AvgIpc) is 2.94. The number of rotatable bonds is 7. The molecule has 0 N–H and O–H groups in total. The molecule has 0 unspecified atom stereocenters. The van der Waals surface area contributed by atoms with Crippen LogP contribution in [0.25, 0.3) is 28.4 Å². The van der Waals surface area contributed by atoms with E-state index in [0.29, 0.717) is 39.9 Å². The first-order chi connectivity index (χ1) is 18.5. The fourth-order valence-electron chi connectivity index (χ4n) is 4.15. The maximum atomic E-state index is 13.3. The van der Waals surface area contributed by atoms with Crippen LogP contribution in [0.1, 0.15) is 16.7 Å². The predicted octanol–water partition coefficient (Wildman–Crippen LogP) is 8.01. The van der Waals surface area contributed by atoms with E-state index < -0.39 is 0 Å². The number of amides is 1. The minimum atomic E-state index is -0.135. The highest BCUT2D eigenvalue weighted by Gasteiger charge is 2.14. The van der Waals surface area contributed by atoms with Crippen molar-refractivity contribution < 1.29 is 9.21 Å². The second-order valence-electron chi connectivity index (χ2n) is 8.85. The van der Waals surface area contributed by atoms with Crippen LogP contribution in [-0.2, 0) is 17.9 Å². The molecule has 1 heterocycles. The van der Waals surface area contributed by atoms with Crippen molar-refractivity contribution in [3.05, 3.63) is 146 Å². The third-order valence-electron chi connectivity index (χ3n) is 6.13. The van der Waals surface area contributed by atoms with Crippen molar-refractivity contribution in [3.8, 4) is 11.3 Å². The molecule has 0 radical (unpaired) electrons. The molecule has 0 atom stereocenters. The van der Waals surface area contributed by atoms with E-state index in [-0.39, 0.29) is 11.3 Å². The van der Waals surface area contributed by atoms with Gasteiger partial charge in [0.25, 0.3) is 0 Å². The lowest BCUT2D eigenvalue weighted by Crippen LogP contribution is -2.28. The number of fused-ring (bicyclic) bond motifs is 1. The first-order valence-corrected chi connectivity index (χ1v) is 12.8. The highest BCUT2D eigenvalue weighted by molar-refractivity contribution is 6.42. The van der Waals surface area contributed by atoms with Crippen LogP contribution < -0.4 is 5.43 Å². The molecule has 6 heteroatoms. The van der Waals surface area contributed by atoms with Crippen molar-refractivity contribution >= 4 is 46.2 Å². The third-order valence-corrected chi connectivity index (χ3v) is 6.87. The summed E-state index contributed by atoms with van der Waals surface area (Å²) in [6.45, 7) is 0.732. The average molecular weight is 540 g/mol. The standard InChI is InChI=1S/C32H23Cl2NO3/c33-27-16-12-24(18-28(27)34)21-35(32(37)17-13-22-6-2-1-3-7-22)20-23-10-14-25(15-11-23)31-19-29(36)26-8-4-5-9-30(26)38-31/h1-19H,20-21H2/b17-13+. The zero-order valence-corrected chi connectivity index (χ0v) is 21.8. The molecule has 0 aliphatic rings. The second-order valence-corrected chi connectivity index (χ2v) is 9.67. The number of benzene rings is 4. The van der Waals surface area contributed by atoms with Crippen LogP contribution in [-0.4, -0.2) is 10.8 Å². The number of nitrogens with zero attached hydrogens (tertiary/aromatic N) is 1. The number of carbonyl (C=O) groups is 1. The minimum Gasteiger partial charge on any atom is -0.456 e. The number of para-hydroxylation sites is 1. The van der Waals surface area contributed by atoms with E-state index in [0.717, 1.165) is 22.3 Å². The molecule has 4 aromatic carbocycles. The Balaban J connectivity index is 1.39. The zero-order chi connectivity index (χ0) is 26.5. The molecule has 5 rings (SSSR count). The molecule has 1 amide bonds. The van der Waals surface area contributed by atoms with Gasteiger partial charge in [-0.2, -0.15) is 0 Å². The van der Waals surface area contributed by atoms with Crippen molar-refractivity contribution in [2.45, 2.75) is 13.1 Å². The summed E-state index contributed by atoms with van der Waals surface area (Å²) in [5.41, 5.74) is 3.98. The Bertz CT molecular complexity index is 1680. The van der Waals surface area contributed by atoms with Gasteiger partial charge in [0.15, 0.2) is 5.43 Å². The molecule has 0 saturated carbocycles. The number of carbonyl (C=O) groups excluding carboxylic acids is 1. The summed E-state index contributed by atoms with van der Waals surface area (Å²) >= 11 is 12.3. The van der Waals surface area contributed by atoms with Crippen LogP contribution in [0.3, 0.4) is 0 Å². The molecule has 1 aromatic heterocycles. The van der Waals surface area contributed by atoms with Crippen molar-refractivity contribution in [2.75, 3.05) is 0 Å². The zero-order valence-electron chi connectivity index (χ0n) is 20.3. The van der Waals surface area contributed by atoms with E-state index in [2.05, 4.69) is 0 Å². The summed E-state index contributed by atoms with van der Waals surface area (Å²) in [4.78, 5) is 27.5. The Morgan fingerprint density at radius 1 is 0.763 bits per heavy atom. The van der Waals surface area contributed by atoms with Crippen LogP contribution in [0.15, 0.2) is 118 Å². The summed E-state index contributed by atoms with van der Waals surface area (Å²) in [5.74, 6) is 0.360. The van der Waals surface area contributed by atoms with Gasteiger partial charge >= 0.3 is 0 Å². The maximum absolute atomic E-state index is 13.3. The van der Waals surface area contributed by atoms with Gasteiger partial charge in [-0.15, -0.1) is 0 Å². The Kier molecular flexibility index (Phi) is 7.73. The van der Waals surface area contributed by atoms with Gasteiger partial charge in [-0.05, 0) is 47.0 Å². The van der Waals surface area contributed by atoms with Crippen molar-refractivity contribution in [1.82, 2.24) is 4.90 Å². The molecule has 38 heavy (non-hydrogen) atoms. The van der Waals surface area contributed by atoms with Gasteiger partial charge in [-0.3, -0.25) is 9.59 Å². The highest BCUT2D eigenvalue weighted by atomic mass is 35.5. The first-order valence-electron chi connectivity index (χ1n) is 12.0. The molecule has 0 fully saturated rings. The van der Waals surface area contributed by atoms with Crippen LogP contribution >= 0.6 is 23.2 Å². The molecule has 0 aliphatic heterocycles. The number of hydrogen-bond donors (Lipinski definition) is 0. The highest BCUT2D eigenvalue weighted by Crippen LogP contribution is 2.25. The van der Waals surface area contributed by atoms with Crippen LogP contribution in [0.4, 0.5) is 0 Å². The molecule has 0 spiro atoms. The molecule has 4 nitrogen and oxygen atoms in total. The van der Waals surface area contributed by atoms with Crippen LogP contribution in [0.5, 0.6) is 0 Å². The van der Waals surface area contributed by atoms with Crippen LogP contribution in [0, 0.1) is 0 Å². The van der Waals surface area contributed by atoms with E-state index in [1.165, 1.54) is 6.07 Å². The Hall–Kier alpha value is -4.12. The normalized spacial score (nSPS) is 11.2. The Morgan fingerprint density at radius 2 is 1.45 bits per heavy atom. The van der Waals surface area contributed by atoms with Gasteiger partial charge in [0.05, 0.1) is 15.4 Å². The van der Waals surface area contributed by atoms with E-state index in [9.17, 15) is 9.59 Å². The van der Waals surface area contributed by atoms with Gasteiger partial charge in [-0.25, -0.2) is 0 Å². The molecule has 5 aromatic rings. The molecule has 0 bridgehead atoms. The number of halogens is 2. The van der Waals surface area contributed by atoms with Gasteiger partial charge in [0.2, 0.25) is 5.91 Å². The van der Waals surface area contributed by atoms with E-state index in [4.69, 9.17) is 27.6 Å². The summed E-state index contributed by atoms with van der Waals surface area (Å²) in [7, 11) is 0. The largest absolute Gasteiger partial charge is 0.456 e. The smallest absolute Gasteiger partial charge is 0.247 e. The molecule has 0 saturated heterocycles. The van der Waals surface area contributed by atoms with E-state index in [1.54, 1.807) is 41.3 Å². The quantitative estimate of drug-likeness (QED) is 0.197. The lowest BCUT2D eigenvalue weighted by atomic mass is 10.1. The molecular weight excluding hydrogens is 517 g/mol. The van der Waals surface area contributed by atoms with Crippen molar-refractivity contribution in [3.63, 3.8) is 0 Å². The van der Waals surface area contributed by atoms with Gasteiger partial charge in [-0.1, -0.05) is 96.0 Å². The monoisotopic (exact) mass is 539 g/mol. The molecule has 188 valence electrons. The summed E-state index contributed by atoms with van der Waals surface area (Å²) in [5, 5.41) is 1.46. The fraction of sp³-hybridized carbons (Fsp3) is 0.0625. The van der Waals surface area contributed by atoms with Gasteiger partial charge in [0.1, 0.15) is 11.3 Å². The molecule has 0 aliphatic carbocycles. The van der Waals surface area contributed by atoms with Crippen LogP contribution in [0.2, 0.25) is 10.0 Å². The lowest BCUT2D eigenvalue weighted by molar-refractivity contribution is -0.127. The fourth-order valence-corrected chi connectivity index (χ4v) is 4.47. The maximum Gasteiger partial charge on any atom is 0.247 e. The second kappa shape index (κ2) is 11.5. The summed E-state index contributed by atoms with van der Waals surface area (Å²) in [6.07, 6.45) is 3.37. The van der Waals surface area contributed by atoms with Gasteiger partial charge < -0.3 is 9.32 Å².